The van der Waals surface area contributed by atoms with Crippen LogP contribution in [-0.4, -0.2) is 9.97 Å². The van der Waals surface area contributed by atoms with Crippen LogP contribution in [0.15, 0.2) is 79.1 Å². The van der Waals surface area contributed by atoms with E-state index in [9.17, 15) is 0 Å². The minimum absolute atomic E-state index is 0.149. The normalized spacial score (nSPS) is 11.5. The molecule has 2 heterocycles. The molecule has 2 aromatic carbocycles. The zero-order valence-electron chi connectivity index (χ0n) is 16.6. The van der Waals surface area contributed by atoms with E-state index in [0.29, 0.717) is 0 Å². The van der Waals surface area contributed by atoms with Crippen molar-refractivity contribution in [2.45, 2.75) is 32.6 Å². The van der Waals surface area contributed by atoms with Crippen molar-refractivity contribution in [1.82, 2.24) is 9.97 Å². The Balaban J connectivity index is 1.66. The monoisotopic (exact) mass is 367 g/mol. The van der Waals surface area contributed by atoms with E-state index >= 15 is 0 Å². The summed E-state index contributed by atoms with van der Waals surface area (Å²) in [6.45, 7) is 6.68. The van der Waals surface area contributed by atoms with E-state index in [4.69, 9.17) is 4.98 Å². The van der Waals surface area contributed by atoms with Crippen LogP contribution in [-0.2, 0) is 11.8 Å². The molecule has 2 aromatic heterocycles. The van der Waals surface area contributed by atoms with Gasteiger partial charge in [0.1, 0.15) is 5.82 Å². The Labute approximate surface area is 166 Å². The topological polar surface area (TPSA) is 37.8 Å². The zero-order chi connectivity index (χ0) is 19.6. The van der Waals surface area contributed by atoms with Gasteiger partial charge in [-0.25, -0.2) is 4.98 Å². The molecule has 0 unspecified atom stereocenters. The number of pyridine rings is 2. The fourth-order valence-corrected chi connectivity index (χ4v) is 3.38. The highest BCUT2D eigenvalue weighted by atomic mass is 15.0. The van der Waals surface area contributed by atoms with Gasteiger partial charge in [0.15, 0.2) is 0 Å². The Morgan fingerprint density at radius 3 is 2.18 bits per heavy atom. The first-order valence-electron chi connectivity index (χ1n) is 9.65. The molecule has 0 radical (unpaired) electrons. The predicted molar refractivity (Wildman–Crippen MR) is 117 cm³/mol. The highest BCUT2D eigenvalue weighted by Crippen LogP contribution is 2.29. The SMILES string of the molecule is CC(C)(C)c1ccc(Nc2ncc(Cc3ccccn3)c3ccccc23)cc1. The highest BCUT2D eigenvalue weighted by molar-refractivity contribution is 5.95. The molecule has 4 rings (SSSR count). The number of hydrogen-bond donors (Lipinski definition) is 1. The maximum atomic E-state index is 4.73. The molecule has 1 N–H and O–H groups in total. The highest BCUT2D eigenvalue weighted by Gasteiger charge is 2.13. The van der Waals surface area contributed by atoms with Crippen LogP contribution in [0.3, 0.4) is 0 Å². The van der Waals surface area contributed by atoms with Gasteiger partial charge in [0.05, 0.1) is 0 Å². The first-order chi connectivity index (χ1) is 13.5. The number of aromatic nitrogens is 2. The first-order valence-corrected chi connectivity index (χ1v) is 9.65. The van der Waals surface area contributed by atoms with Crippen LogP contribution in [0.4, 0.5) is 11.5 Å². The van der Waals surface area contributed by atoms with Gasteiger partial charge in [-0.1, -0.05) is 63.2 Å². The van der Waals surface area contributed by atoms with Crippen LogP contribution in [0.2, 0.25) is 0 Å². The van der Waals surface area contributed by atoms with Gasteiger partial charge in [0, 0.05) is 35.6 Å². The summed E-state index contributed by atoms with van der Waals surface area (Å²) in [5, 5.41) is 5.82. The second-order valence-electron chi connectivity index (χ2n) is 8.13. The fraction of sp³-hybridized carbons (Fsp3) is 0.200. The third-order valence-corrected chi connectivity index (χ3v) is 4.99. The average Bonchev–Trinajstić information content (AvgIpc) is 2.70. The Morgan fingerprint density at radius 1 is 0.786 bits per heavy atom. The van der Waals surface area contributed by atoms with Crippen LogP contribution in [0, 0.1) is 0 Å². The number of benzene rings is 2. The molecule has 0 bridgehead atoms. The summed E-state index contributed by atoms with van der Waals surface area (Å²) in [6.07, 6.45) is 4.57. The lowest BCUT2D eigenvalue weighted by Crippen LogP contribution is -2.10. The lowest BCUT2D eigenvalue weighted by molar-refractivity contribution is 0.590. The second kappa shape index (κ2) is 7.43. The number of fused-ring (bicyclic) bond motifs is 1. The Bertz CT molecular complexity index is 1080. The van der Waals surface area contributed by atoms with Crippen LogP contribution < -0.4 is 5.32 Å². The molecule has 0 fully saturated rings. The summed E-state index contributed by atoms with van der Waals surface area (Å²) in [5.41, 5.74) is 4.75. The van der Waals surface area contributed by atoms with Gasteiger partial charge in [-0.15, -0.1) is 0 Å². The zero-order valence-corrected chi connectivity index (χ0v) is 16.6. The first kappa shape index (κ1) is 18.2. The molecular formula is C25H25N3. The van der Waals surface area contributed by atoms with Crippen molar-refractivity contribution in [3.05, 3.63) is 95.9 Å². The lowest BCUT2D eigenvalue weighted by atomic mass is 9.87. The van der Waals surface area contributed by atoms with E-state index < -0.39 is 0 Å². The smallest absolute Gasteiger partial charge is 0.138 e. The van der Waals surface area contributed by atoms with Gasteiger partial charge in [-0.05, 0) is 46.2 Å². The van der Waals surface area contributed by atoms with E-state index in [1.165, 1.54) is 16.5 Å². The van der Waals surface area contributed by atoms with Gasteiger partial charge < -0.3 is 5.32 Å². The largest absolute Gasteiger partial charge is 0.340 e. The van der Waals surface area contributed by atoms with Crippen LogP contribution in [0.1, 0.15) is 37.6 Å². The van der Waals surface area contributed by atoms with Crippen LogP contribution in [0.25, 0.3) is 10.8 Å². The van der Waals surface area contributed by atoms with Gasteiger partial charge in [-0.2, -0.15) is 0 Å². The molecule has 3 nitrogen and oxygen atoms in total. The van der Waals surface area contributed by atoms with Gasteiger partial charge in [0.25, 0.3) is 0 Å². The maximum Gasteiger partial charge on any atom is 0.138 e. The lowest BCUT2D eigenvalue weighted by Gasteiger charge is -2.19. The summed E-state index contributed by atoms with van der Waals surface area (Å²) in [7, 11) is 0. The second-order valence-corrected chi connectivity index (χ2v) is 8.13. The molecule has 0 aliphatic heterocycles. The minimum Gasteiger partial charge on any atom is -0.340 e. The summed E-state index contributed by atoms with van der Waals surface area (Å²) in [4.78, 5) is 9.19. The van der Waals surface area contributed by atoms with Crippen molar-refractivity contribution in [1.29, 1.82) is 0 Å². The molecule has 4 aromatic rings. The van der Waals surface area contributed by atoms with Crippen molar-refractivity contribution in [2.24, 2.45) is 0 Å². The summed E-state index contributed by atoms with van der Waals surface area (Å²) < 4.78 is 0. The van der Waals surface area contributed by atoms with E-state index in [1.54, 1.807) is 0 Å². The van der Waals surface area contributed by atoms with E-state index in [2.05, 4.69) is 85.7 Å². The van der Waals surface area contributed by atoms with E-state index in [-0.39, 0.29) is 5.41 Å². The summed E-state index contributed by atoms with van der Waals surface area (Å²) in [5.74, 6) is 0.879. The van der Waals surface area contributed by atoms with Gasteiger partial charge in [0.2, 0.25) is 0 Å². The number of rotatable bonds is 4. The predicted octanol–water partition coefficient (Wildman–Crippen LogP) is 6.26. The van der Waals surface area contributed by atoms with E-state index in [1.807, 2.05) is 24.5 Å². The summed E-state index contributed by atoms with van der Waals surface area (Å²) in [6, 6.07) is 23.0. The molecule has 0 saturated carbocycles. The molecule has 0 aliphatic carbocycles. The van der Waals surface area contributed by atoms with Gasteiger partial charge >= 0.3 is 0 Å². The average molecular weight is 367 g/mol. The molecule has 3 heteroatoms. The van der Waals surface area contributed by atoms with Crippen molar-refractivity contribution < 1.29 is 0 Å². The Morgan fingerprint density at radius 2 is 1.50 bits per heavy atom. The fourth-order valence-electron chi connectivity index (χ4n) is 3.38. The minimum atomic E-state index is 0.149. The number of anilines is 2. The standard InChI is InChI=1S/C25H25N3/c1-25(2,3)19-11-13-20(14-12-19)28-24-23-10-5-4-9-22(23)18(17-27-24)16-21-8-6-7-15-26-21/h4-15,17H,16H2,1-3H3,(H,27,28). The number of nitrogens with zero attached hydrogens (tertiary/aromatic N) is 2. The van der Waals surface area contributed by atoms with E-state index in [0.717, 1.165) is 29.0 Å². The molecular weight excluding hydrogens is 342 g/mol. The van der Waals surface area contributed by atoms with Crippen molar-refractivity contribution in [2.75, 3.05) is 5.32 Å². The number of nitrogens with one attached hydrogen (secondary N) is 1. The molecule has 0 spiro atoms. The van der Waals surface area contributed by atoms with Crippen molar-refractivity contribution in [3.63, 3.8) is 0 Å². The molecule has 140 valence electrons. The Kier molecular flexibility index (Phi) is 4.82. The van der Waals surface area contributed by atoms with Crippen LogP contribution >= 0.6 is 0 Å². The molecule has 0 aliphatic rings. The summed E-state index contributed by atoms with van der Waals surface area (Å²) >= 11 is 0. The molecule has 0 saturated heterocycles. The quantitative estimate of drug-likeness (QED) is 0.462. The van der Waals surface area contributed by atoms with Crippen molar-refractivity contribution >= 4 is 22.3 Å². The van der Waals surface area contributed by atoms with Crippen LogP contribution in [0.5, 0.6) is 0 Å². The number of hydrogen-bond acceptors (Lipinski definition) is 3. The molecule has 28 heavy (non-hydrogen) atoms. The van der Waals surface area contributed by atoms with Gasteiger partial charge in [-0.3, -0.25) is 4.98 Å². The molecule has 0 atom stereocenters. The third kappa shape index (κ3) is 3.89. The van der Waals surface area contributed by atoms with Crippen molar-refractivity contribution in [3.8, 4) is 0 Å². The maximum absolute atomic E-state index is 4.73. The third-order valence-electron chi connectivity index (χ3n) is 4.99. The Hall–Kier alpha value is -3.20. The molecule has 0 amide bonds.